The van der Waals surface area contributed by atoms with Crippen LogP contribution in [-0.2, 0) is 0 Å². The Morgan fingerprint density at radius 1 is 0.969 bits per heavy atom. The molecule has 1 N–H and O–H groups in total. The predicted molar refractivity (Wildman–Crippen MR) is 128 cm³/mol. The largest absolute Gasteiger partial charge is 0.337 e. The maximum Gasteiger partial charge on any atom is 0.321 e. The quantitative estimate of drug-likeness (QED) is 0.581. The fourth-order valence-electron chi connectivity index (χ4n) is 3.93. The summed E-state index contributed by atoms with van der Waals surface area (Å²) in [5.41, 5.74) is 3.07. The summed E-state index contributed by atoms with van der Waals surface area (Å²) in [5.74, 6) is 0.212. The van der Waals surface area contributed by atoms with Gasteiger partial charge in [-0.1, -0.05) is 49.7 Å². The Morgan fingerprint density at radius 3 is 2.50 bits per heavy atom. The number of para-hydroxylation sites is 1. The fourth-order valence-corrected chi connectivity index (χ4v) is 4.12. The van der Waals surface area contributed by atoms with Gasteiger partial charge in [0.2, 0.25) is 0 Å². The number of rotatable bonds is 3. The first kappa shape index (κ1) is 22.1. The van der Waals surface area contributed by atoms with Crippen LogP contribution in [-0.4, -0.2) is 52.9 Å². The van der Waals surface area contributed by atoms with Crippen LogP contribution in [0.25, 0.3) is 10.9 Å². The smallest absolute Gasteiger partial charge is 0.321 e. The molecule has 1 aliphatic rings. The standard InChI is InChI=1S/C25H27ClN4O2/c1-17(2)23-16-21(20-9-3-4-10-22(20)28-23)24(31)29-11-6-12-30(14-13-29)25(32)27-19-8-5-7-18(26)15-19/h3-5,7-10,15-17H,6,11-14H2,1-2H3,(H,27,32). The average molecular weight is 451 g/mol. The molecule has 1 saturated heterocycles. The molecule has 2 aromatic carbocycles. The van der Waals surface area contributed by atoms with Crippen molar-refractivity contribution in [1.82, 2.24) is 14.8 Å². The van der Waals surface area contributed by atoms with Crippen LogP contribution in [0.2, 0.25) is 5.02 Å². The number of fused-ring (bicyclic) bond motifs is 1. The number of urea groups is 1. The van der Waals surface area contributed by atoms with Gasteiger partial charge in [-0.05, 0) is 42.7 Å². The molecule has 1 aromatic heterocycles. The fraction of sp³-hybridized carbons (Fsp3) is 0.320. The molecule has 4 rings (SSSR count). The number of benzene rings is 2. The third kappa shape index (κ3) is 4.86. The number of carbonyl (C=O) groups is 2. The molecule has 0 bridgehead atoms. The molecule has 166 valence electrons. The zero-order valence-electron chi connectivity index (χ0n) is 18.3. The molecular formula is C25H27ClN4O2. The highest BCUT2D eigenvalue weighted by Gasteiger charge is 2.25. The average Bonchev–Trinajstić information content (AvgIpc) is 3.04. The lowest BCUT2D eigenvalue weighted by Gasteiger charge is -2.23. The summed E-state index contributed by atoms with van der Waals surface area (Å²) < 4.78 is 0. The van der Waals surface area contributed by atoms with Crippen molar-refractivity contribution in [2.45, 2.75) is 26.2 Å². The number of anilines is 1. The lowest BCUT2D eigenvalue weighted by atomic mass is 10.0. The minimum atomic E-state index is -0.182. The van der Waals surface area contributed by atoms with Crippen molar-refractivity contribution in [1.29, 1.82) is 0 Å². The Morgan fingerprint density at radius 2 is 1.72 bits per heavy atom. The van der Waals surface area contributed by atoms with Crippen molar-refractivity contribution in [3.05, 3.63) is 70.9 Å². The summed E-state index contributed by atoms with van der Waals surface area (Å²) in [6.07, 6.45) is 0.717. The predicted octanol–water partition coefficient (Wildman–Crippen LogP) is 5.39. The molecule has 32 heavy (non-hydrogen) atoms. The number of aromatic nitrogens is 1. The van der Waals surface area contributed by atoms with Gasteiger partial charge < -0.3 is 15.1 Å². The SMILES string of the molecule is CC(C)c1cc(C(=O)N2CCCN(C(=O)Nc3cccc(Cl)c3)CC2)c2ccccc2n1. The maximum absolute atomic E-state index is 13.5. The zero-order chi connectivity index (χ0) is 22.7. The number of nitrogens with one attached hydrogen (secondary N) is 1. The summed E-state index contributed by atoms with van der Waals surface area (Å²) >= 11 is 6.01. The van der Waals surface area contributed by atoms with Gasteiger partial charge in [0.15, 0.2) is 0 Å². The zero-order valence-corrected chi connectivity index (χ0v) is 19.1. The van der Waals surface area contributed by atoms with Crippen LogP contribution in [0.15, 0.2) is 54.6 Å². The van der Waals surface area contributed by atoms with E-state index in [9.17, 15) is 9.59 Å². The maximum atomic E-state index is 13.5. The first-order chi connectivity index (χ1) is 15.4. The number of hydrogen-bond donors (Lipinski definition) is 1. The number of nitrogens with zero attached hydrogens (tertiary/aromatic N) is 3. The van der Waals surface area contributed by atoms with Crippen molar-refractivity contribution in [2.75, 3.05) is 31.5 Å². The Kier molecular flexibility index (Phi) is 6.61. The summed E-state index contributed by atoms with van der Waals surface area (Å²) in [4.78, 5) is 34.6. The van der Waals surface area contributed by atoms with Crippen LogP contribution < -0.4 is 5.32 Å². The first-order valence-corrected chi connectivity index (χ1v) is 11.3. The van der Waals surface area contributed by atoms with Crippen molar-refractivity contribution in [3.8, 4) is 0 Å². The van der Waals surface area contributed by atoms with E-state index in [1.165, 1.54) is 0 Å². The van der Waals surface area contributed by atoms with E-state index >= 15 is 0 Å². The van der Waals surface area contributed by atoms with E-state index in [-0.39, 0.29) is 17.9 Å². The molecule has 0 radical (unpaired) electrons. The van der Waals surface area contributed by atoms with E-state index in [2.05, 4.69) is 19.2 Å². The van der Waals surface area contributed by atoms with Crippen LogP contribution in [0, 0.1) is 0 Å². The van der Waals surface area contributed by atoms with E-state index in [1.807, 2.05) is 35.2 Å². The highest BCUT2D eigenvalue weighted by molar-refractivity contribution is 6.30. The number of carbonyl (C=O) groups excluding carboxylic acids is 2. The summed E-state index contributed by atoms with van der Waals surface area (Å²) in [7, 11) is 0. The molecule has 0 spiro atoms. The van der Waals surface area contributed by atoms with Gasteiger partial charge in [0.05, 0.1) is 11.1 Å². The van der Waals surface area contributed by atoms with E-state index in [0.717, 1.165) is 23.0 Å². The third-order valence-corrected chi connectivity index (χ3v) is 5.94. The second kappa shape index (κ2) is 9.57. The van der Waals surface area contributed by atoms with Gasteiger partial charge in [-0.15, -0.1) is 0 Å². The second-order valence-electron chi connectivity index (χ2n) is 8.34. The molecule has 7 heteroatoms. The number of halogens is 1. The topological polar surface area (TPSA) is 65.5 Å². The Labute approximate surface area is 193 Å². The van der Waals surface area contributed by atoms with E-state index in [0.29, 0.717) is 42.5 Å². The van der Waals surface area contributed by atoms with Crippen LogP contribution in [0.4, 0.5) is 10.5 Å². The number of amides is 3. The van der Waals surface area contributed by atoms with Gasteiger partial charge in [-0.2, -0.15) is 0 Å². The Balaban J connectivity index is 1.50. The number of hydrogen-bond acceptors (Lipinski definition) is 3. The van der Waals surface area contributed by atoms with E-state index < -0.39 is 0 Å². The van der Waals surface area contributed by atoms with E-state index in [4.69, 9.17) is 16.6 Å². The molecule has 0 unspecified atom stereocenters. The first-order valence-electron chi connectivity index (χ1n) is 10.9. The highest BCUT2D eigenvalue weighted by Crippen LogP contribution is 2.24. The van der Waals surface area contributed by atoms with Gasteiger partial charge in [-0.25, -0.2) is 4.79 Å². The molecule has 1 aliphatic heterocycles. The monoisotopic (exact) mass is 450 g/mol. The number of pyridine rings is 1. The van der Waals surface area contributed by atoms with E-state index in [1.54, 1.807) is 29.2 Å². The van der Waals surface area contributed by atoms with Crippen molar-refractivity contribution in [2.24, 2.45) is 0 Å². The molecule has 1 fully saturated rings. The lowest BCUT2D eigenvalue weighted by molar-refractivity contribution is 0.0764. The van der Waals surface area contributed by atoms with Crippen LogP contribution in [0.1, 0.15) is 42.2 Å². The molecule has 2 heterocycles. The second-order valence-corrected chi connectivity index (χ2v) is 8.78. The molecule has 0 aliphatic carbocycles. The summed E-state index contributed by atoms with van der Waals surface area (Å²) in [6, 6.07) is 16.6. The normalized spacial score (nSPS) is 14.5. The molecule has 3 amide bonds. The van der Waals surface area contributed by atoms with Gasteiger partial charge >= 0.3 is 6.03 Å². The minimum Gasteiger partial charge on any atom is -0.337 e. The molecular weight excluding hydrogens is 424 g/mol. The summed E-state index contributed by atoms with van der Waals surface area (Å²) in [5, 5.41) is 4.32. The summed E-state index contributed by atoms with van der Waals surface area (Å²) in [6.45, 7) is 6.30. The van der Waals surface area contributed by atoms with Gasteiger partial charge in [-0.3, -0.25) is 9.78 Å². The molecule has 3 aromatic rings. The van der Waals surface area contributed by atoms with Crippen molar-refractivity contribution < 1.29 is 9.59 Å². The van der Waals surface area contributed by atoms with Crippen molar-refractivity contribution in [3.63, 3.8) is 0 Å². The molecule has 0 saturated carbocycles. The van der Waals surface area contributed by atoms with Crippen LogP contribution in [0.3, 0.4) is 0 Å². The van der Waals surface area contributed by atoms with Gasteiger partial charge in [0, 0.05) is 48.0 Å². The third-order valence-electron chi connectivity index (χ3n) is 5.70. The van der Waals surface area contributed by atoms with Crippen molar-refractivity contribution >= 4 is 40.1 Å². The lowest BCUT2D eigenvalue weighted by Crippen LogP contribution is -2.39. The highest BCUT2D eigenvalue weighted by atomic mass is 35.5. The molecule has 6 nitrogen and oxygen atoms in total. The minimum absolute atomic E-state index is 0.0115. The van der Waals surface area contributed by atoms with Gasteiger partial charge in [0.1, 0.15) is 0 Å². The molecule has 0 atom stereocenters. The van der Waals surface area contributed by atoms with Gasteiger partial charge in [0.25, 0.3) is 5.91 Å². The van der Waals surface area contributed by atoms with Crippen LogP contribution in [0.5, 0.6) is 0 Å². The Bertz CT molecular complexity index is 1150. The van der Waals surface area contributed by atoms with Crippen LogP contribution >= 0.6 is 11.6 Å². The Hall–Kier alpha value is -3.12.